The van der Waals surface area contributed by atoms with Gasteiger partial charge in [-0.25, -0.2) is 23.9 Å². The van der Waals surface area contributed by atoms with Crippen LogP contribution in [0.15, 0.2) is 121 Å². The third kappa shape index (κ3) is 20.8. The molecule has 3 aliphatic rings. The van der Waals surface area contributed by atoms with Crippen molar-refractivity contribution in [3.05, 3.63) is 187 Å². The number of fused-ring (bicyclic) bond motifs is 3. The van der Waals surface area contributed by atoms with Crippen molar-refractivity contribution in [2.45, 2.75) is 139 Å². The number of ether oxygens (including phenoxy) is 9. The van der Waals surface area contributed by atoms with Gasteiger partial charge in [0, 0.05) is 73.8 Å². The van der Waals surface area contributed by atoms with Gasteiger partial charge in [0.2, 0.25) is 0 Å². The van der Waals surface area contributed by atoms with E-state index in [0.29, 0.717) is 113 Å². The summed E-state index contributed by atoms with van der Waals surface area (Å²) in [7, 11) is 3.02. The lowest BCUT2D eigenvalue weighted by molar-refractivity contribution is 0.0395. The molecule has 0 saturated carbocycles. The van der Waals surface area contributed by atoms with Crippen molar-refractivity contribution >= 4 is 63.1 Å². The van der Waals surface area contributed by atoms with Gasteiger partial charge in [0.1, 0.15) is 67.8 Å². The monoisotopic (exact) mass is 1610 g/mol. The summed E-state index contributed by atoms with van der Waals surface area (Å²) in [6, 6.07) is 34.1. The van der Waals surface area contributed by atoms with Crippen LogP contribution in [-0.2, 0) is 44.4 Å². The Bertz CT molecular complexity index is 4690. The van der Waals surface area contributed by atoms with Crippen LogP contribution in [0.3, 0.4) is 0 Å². The highest BCUT2D eigenvalue weighted by atomic mass is 35.5. The maximum Gasteiger partial charge on any atom is 0.171 e. The molecule has 5 aromatic carbocycles. The zero-order chi connectivity index (χ0) is 81.2. The lowest BCUT2D eigenvalue weighted by atomic mass is 9.88. The first-order valence-electron chi connectivity index (χ1n) is 35.9. The standard InChI is InChI=1S/C32H39ClN2O7S.C28H31ClN2O6.C22H27ClN2O6/c1-30(2,3)43(39)35-31(4)19-42-29-23(31)18-27(34-28(29)20-7-10-22(33)11-8-20)32(5,38)14-13-24(37)21-9-12-25(41-16-15-36)26(17-21)40-6;1-27(30)16-37-26-20(27)15-24(31-25(26)17-4-7-19(29)8-5-17)28(2,34)11-10-21(33)18-6-9-22(36-13-12-32)23(14-18)35-3;1-21(24)12-31-19-14(21)11-18(25-20(19)23)22(2,28)7-6-15(27)13-4-5-16(30-9-8-26)17(10-13)29-3/h7-12,17-18,35-36,38H,13-16,19H2,1-6H3;4-9,14-15,32,34H,10-13,16,30H2,1-3H3;4-5,10-11,26,28H,6-9,12,24H2,1-3H3. The van der Waals surface area contributed by atoms with E-state index in [2.05, 4.69) is 9.71 Å². The Hall–Kier alpha value is -8.58. The zero-order valence-corrected chi connectivity index (χ0v) is 67.3. The van der Waals surface area contributed by atoms with Gasteiger partial charge in [0.05, 0.1) is 90.6 Å². The summed E-state index contributed by atoms with van der Waals surface area (Å²) in [5.74, 6) is 3.45. The fourth-order valence-electron chi connectivity index (χ4n) is 12.3. The van der Waals surface area contributed by atoms with Crippen LogP contribution in [0.2, 0.25) is 15.2 Å². The molecular weight excluding hydrogens is 1510 g/mol. The molecule has 0 aliphatic carbocycles. The minimum Gasteiger partial charge on any atom is -0.493 e. The van der Waals surface area contributed by atoms with Crippen molar-refractivity contribution < 1.29 is 91.9 Å². The number of aliphatic hydroxyl groups excluding tert-OH is 3. The van der Waals surface area contributed by atoms with E-state index in [1.807, 2.05) is 65.8 Å². The lowest BCUT2D eigenvalue weighted by Crippen LogP contribution is -2.47. The maximum atomic E-state index is 13.2. The van der Waals surface area contributed by atoms with Gasteiger partial charge in [-0.15, -0.1) is 0 Å². The Morgan fingerprint density at radius 3 is 1.15 bits per heavy atom. The zero-order valence-electron chi connectivity index (χ0n) is 64.2. The Labute approximate surface area is 663 Å². The van der Waals surface area contributed by atoms with E-state index < -0.39 is 49.2 Å². The minimum atomic E-state index is -1.49. The number of hydrogen-bond donors (Lipinski definition) is 9. The summed E-state index contributed by atoms with van der Waals surface area (Å²) in [6.45, 7) is 16.8. The van der Waals surface area contributed by atoms with Crippen LogP contribution >= 0.6 is 34.8 Å². The predicted molar refractivity (Wildman–Crippen MR) is 423 cm³/mol. The number of ketones is 3. The Morgan fingerprint density at radius 1 is 0.477 bits per heavy atom. The third-order valence-corrected chi connectivity index (χ3v) is 21.5. The van der Waals surface area contributed by atoms with Crippen molar-refractivity contribution in [3.63, 3.8) is 0 Å². The second-order valence-corrected chi connectivity index (χ2v) is 32.8. The minimum absolute atomic E-state index is 0.0299. The van der Waals surface area contributed by atoms with Crippen molar-refractivity contribution in [2.75, 3.05) is 80.8 Å². The topological polar surface area (TPSA) is 375 Å². The number of aromatic nitrogens is 3. The van der Waals surface area contributed by atoms with Gasteiger partial charge in [-0.2, -0.15) is 0 Å². The van der Waals surface area contributed by atoms with Gasteiger partial charge in [-0.05, 0) is 179 Å². The number of pyridine rings is 3. The first-order valence-corrected chi connectivity index (χ1v) is 38.1. The average Bonchev–Trinajstić information content (AvgIpc) is 1.62. The molecule has 0 amide bonds. The highest BCUT2D eigenvalue weighted by Gasteiger charge is 2.45. The van der Waals surface area contributed by atoms with Gasteiger partial charge in [0.15, 0.2) is 74.2 Å². The molecule has 0 bridgehead atoms. The molecule has 11 rings (SSSR count). The van der Waals surface area contributed by atoms with E-state index in [4.69, 9.17) is 114 Å². The van der Waals surface area contributed by atoms with E-state index in [-0.39, 0.29) is 120 Å². The largest absolute Gasteiger partial charge is 0.493 e. The van der Waals surface area contributed by atoms with E-state index in [1.165, 1.54) is 21.3 Å². The normalized spacial score (nSPS) is 18.5. The number of benzene rings is 5. The summed E-state index contributed by atoms with van der Waals surface area (Å²) in [5, 5.41) is 62.4. The fourth-order valence-corrected chi connectivity index (χ4v) is 13.6. The number of carbonyl (C=O) groups excluding carboxylic acids is 3. The summed E-state index contributed by atoms with van der Waals surface area (Å²) in [6.07, 6.45) is 0.508. The van der Waals surface area contributed by atoms with Crippen LogP contribution in [0.5, 0.6) is 51.7 Å². The molecule has 0 fully saturated rings. The van der Waals surface area contributed by atoms with Crippen LogP contribution in [0.4, 0.5) is 0 Å². The number of Topliss-reactive ketones (excluding diaryl/α,β-unsaturated/α-hetero) is 3. The van der Waals surface area contributed by atoms with Crippen LogP contribution in [0.25, 0.3) is 22.5 Å². The molecule has 6 heterocycles. The molecule has 29 heteroatoms. The third-order valence-electron chi connectivity index (χ3n) is 19.0. The molecule has 7 atom stereocenters. The molecule has 7 unspecified atom stereocenters. The Balaban J connectivity index is 0.000000194. The first-order chi connectivity index (χ1) is 52.3. The van der Waals surface area contributed by atoms with E-state index in [1.54, 1.807) is 118 Å². The molecule has 0 spiro atoms. The van der Waals surface area contributed by atoms with Gasteiger partial charge in [0.25, 0.3) is 0 Å². The number of carbonyl (C=O) groups is 3. The van der Waals surface area contributed by atoms with Crippen LogP contribution in [-0.4, -0.2) is 153 Å². The van der Waals surface area contributed by atoms with Gasteiger partial charge in [-0.3, -0.25) is 14.4 Å². The molecule has 3 aliphatic heterocycles. The Kier molecular flexibility index (Phi) is 28.1. The predicted octanol–water partition coefficient (Wildman–Crippen LogP) is 12.1. The smallest absolute Gasteiger partial charge is 0.171 e. The molecule has 3 aromatic heterocycles. The van der Waals surface area contributed by atoms with Crippen molar-refractivity contribution in [1.29, 1.82) is 0 Å². The van der Waals surface area contributed by atoms with Gasteiger partial charge in [-0.1, -0.05) is 59.1 Å². The second-order valence-electron chi connectivity index (χ2n) is 29.6. The number of methoxy groups -OCH3 is 3. The van der Waals surface area contributed by atoms with Crippen LogP contribution in [0.1, 0.15) is 166 Å². The molecule has 8 aromatic rings. The number of hydrogen-bond acceptors (Lipinski definition) is 24. The van der Waals surface area contributed by atoms with E-state index in [9.17, 15) is 33.9 Å². The van der Waals surface area contributed by atoms with Gasteiger partial charge < -0.3 is 84.7 Å². The molecule has 596 valence electrons. The molecule has 0 radical (unpaired) electrons. The number of rotatable bonds is 31. The fraction of sp³-hybridized carbons (Fsp3) is 0.415. The van der Waals surface area contributed by atoms with E-state index >= 15 is 0 Å². The Morgan fingerprint density at radius 2 is 0.802 bits per heavy atom. The number of aliphatic hydroxyl groups is 6. The van der Waals surface area contributed by atoms with Gasteiger partial charge >= 0.3 is 0 Å². The summed E-state index contributed by atoms with van der Waals surface area (Å²) < 4.78 is 65.7. The van der Waals surface area contributed by atoms with Crippen molar-refractivity contribution in [1.82, 2.24) is 19.7 Å². The van der Waals surface area contributed by atoms with Crippen LogP contribution < -0.4 is 58.8 Å². The summed E-state index contributed by atoms with van der Waals surface area (Å²) in [4.78, 5) is 52.8. The van der Waals surface area contributed by atoms with Crippen molar-refractivity contribution in [3.8, 4) is 74.3 Å². The SMILES string of the molecule is COc1cc(C(=O)CCC(C)(O)c2cc3c(c(-c4ccc(Cl)cc4)n2)OCC3(C)N)ccc1OCCO.COc1cc(C(=O)CCC(C)(O)c2cc3c(c(-c4ccc(Cl)cc4)n2)OCC3(C)NS(=O)C(C)(C)C)ccc1OCCO.COc1cc(C(=O)CCC(C)(O)c2cc3c(c(Cl)n2)OCC3(C)N)ccc1OCCO. The number of nitrogens with one attached hydrogen (secondary N) is 1. The average molecular weight is 1610 g/mol. The molecular formula is C82H97Cl3N6O19S. The number of nitrogens with zero attached hydrogens (tertiary/aromatic N) is 3. The molecule has 25 nitrogen and oxygen atoms in total. The number of nitrogens with two attached hydrogens (primary N) is 2. The second kappa shape index (κ2) is 36.1. The first kappa shape index (κ1) is 86.4. The molecule has 111 heavy (non-hydrogen) atoms. The number of halogens is 3. The molecule has 11 N–H and O–H groups in total. The summed E-state index contributed by atoms with van der Waals surface area (Å²) >= 11 is 18.5. The highest BCUT2D eigenvalue weighted by molar-refractivity contribution is 7.84. The van der Waals surface area contributed by atoms with Crippen molar-refractivity contribution in [2.24, 2.45) is 11.5 Å². The maximum absolute atomic E-state index is 13.2. The van der Waals surface area contributed by atoms with Crippen LogP contribution in [0, 0.1) is 0 Å². The quantitative estimate of drug-likeness (QED) is 0.0144. The lowest BCUT2D eigenvalue weighted by Gasteiger charge is -2.30. The highest BCUT2D eigenvalue weighted by Crippen LogP contribution is 2.48. The summed E-state index contributed by atoms with van der Waals surface area (Å²) in [5.41, 5.74) is 13.2. The van der Waals surface area contributed by atoms with E-state index in [0.717, 1.165) is 22.3 Å². The molecule has 0 saturated heterocycles.